The highest BCUT2D eigenvalue weighted by molar-refractivity contribution is 5.97. The summed E-state index contributed by atoms with van der Waals surface area (Å²) in [6, 6.07) is -0.517. The molecule has 0 aromatic heterocycles. The Kier molecular flexibility index (Phi) is 3.90. The second-order valence-corrected chi connectivity index (χ2v) is 5.25. The van der Waals surface area contributed by atoms with Crippen LogP contribution in [0.1, 0.15) is 39.5 Å². The van der Waals surface area contributed by atoms with Crippen LogP contribution in [0.15, 0.2) is 0 Å². The molecule has 1 aliphatic carbocycles. The maximum absolute atomic E-state index is 12.4. The van der Waals surface area contributed by atoms with Gasteiger partial charge >= 0.3 is 0 Å². The highest BCUT2D eigenvalue weighted by Crippen LogP contribution is 2.31. The second-order valence-electron chi connectivity index (χ2n) is 5.25. The van der Waals surface area contributed by atoms with Gasteiger partial charge in [0.2, 0.25) is 11.8 Å². The number of hydrogen-bond acceptors (Lipinski definition) is 3. The Morgan fingerprint density at radius 3 is 2.61 bits per heavy atom. The number of hydrogen-bond donors (Lipinski definition) is 1. The van der Waals surface area contributed by atoms with Crippen LogP contribution in [0.25, 0.3) is 0 Å². The number of carbonyl (C=O) groups is 2. The van der Waals surface area contributed by atoms with Gasteiger partial charge in [-0.25, -0.2) is 0 Å². The largest absolute Gasteiger partial charge is 0.381 e. The molecule has 18 heavy (non-hydrogen) atoms. The highest BCUT2D eigenvalue weighted by atomic mass is 16.5. The van der Waals surface area contributed by atoms with E-state index < -0.39 is 0 Å². The van der Waals surface area contributed by atoms with Crippen molar-refractivity contribution in [3.05, 3.63) is 0 Å². The summed E-state index contributed by atoms with van der Waals surface area (Å²) >= 11 is 0. The molecular formula is C13H22N2O3. The van der Waals surface area contributed by atoms with E-state index in [0.717, 1.165) is 19.3 Å². The molecule has 1 saturated carbocycles. The number of piperazine rings is 1. The van der Waals surface area contributed by atoms with Crippen LogP contribution in [0.5, 0.6) is 0 Å². The summed E-state index contributed by atoms with van der Waals surface area (Å²) in [5, 5.41) is 2.81. The number of carbonyl (C=O) groups excluding carboxylic acids is 2. The molecule has 2 aliphatic rings. The van der Waals surface area contributed by atoms with Gasteiger partial charge in [-0.05, 0) is 26.2 Å². The van der Waals surface area contributed by atoms with E-state index in [1.54, 1.807) is 18.9 Å². The highest BCUT2D eigenvalue weighted by Gasteiger charge is 2.45. The zero-order chi connectivity index (χ0) is 13.3. The van der Waals surface area contributed by atoms with Crippen LogP contribution in [0.2, 0.25) is 0 Å². The first kappa shape index (κ1) is 13.3. The predicted octanol–water partition coefficient (Wildman–Crippen LogP) is 0.679. The standard InChI is InChI=1S/C13H22N2O3/c1-4-5-11-13(17)15(8(2)12(16)14-11)9-6-10(7-9)18-3/h8-11H,4-7H2,1-3H3,(H,14,16). The van der Waals surface area contributed by atoms with Gasteiger partial charge in [0.05, 0.1) is 6.10 Å². The van der Waals surface area contributed by atoms with Gasteiger partial charge in [0.25, 0.3) is 0 Å². The summed E-state index contributed by atoms with van der Waals surface area (Å²) in [7, 11) is 1.69. The van der Waals surface area contributed by atoms with Gasteiger partial charge in [-0.15, -0.1) is 0 Å². The van der Waals surface area contributed by atoms with E-state index in [2.05, 4.69) is 5.32 Å². The molecule has 2 atom stereocenters. The molecule has 2 rings (SSSR count). The monoisotopic (exact) mass is 254 g/mol. The lowest BCUT2D eigenvalue weighted by Crippen LogP contribution is -2.67. The van der Waals surface area contributed by atoms with E-state index in [0.29, 0.717) is 6.42 Å². The second kappa shape index (κ2) is 5.26. The molecule has 2 fully saturated rings. The Labute approximate surface area is 108 Å². The zero-order valence-corrected chi connectivity index (χ0v) is 11.3. The molecular weight excluding hydrogens is 232 g/mol. The van der Waals surface area contributed by atoms with Crippen LogP contribution in [-0.4, -0.2) is 48.1 Å². The topological polar surface area (TPSA) is 58.6 Å². The van der Waals surface area contributed by atoms with Gasteiger partial charge in [0, 0.05) is 13.2 Å². The molecule has 0 aromatic rings. The Balaban J connectivity index is 2.06. The van der Waals surface area contributed by atoms with E-state index in [1.165, 1.54) is 0 Å². The van der Waals surface area contributed by atoms with Crippen molar-refractivity contribution in [1.29, 1.82) is 0 Å². The lowest BCUT2D eigenvalue weighted by atomic mass is 9.85. The van der Waals surface area contributed by atoms with Crippen molar-refractivity contribution < 1.29 is 14.3 Å². The number of amides is 2. The number of methoxy groups -OCH3 is 1. The molecule has 102 valence electrons. The minimum Gasteiger partial charge on any atom is -0.381 e. The van der Waals surface area contributed by atoms with Gasteiger partial charge in [-0.1, -0.05) is 13.3 Å². The van der Waals surface area contributed by atoms with Crippen LogP contribution < -0.4 is 5.32 Å². The molecule has 1 heterocycles. The molecule has 0 spiro atoms. The van der Waals surface area contributed by atoms with E-state index in [9.17, 15) is 9.59 Å². The van der Waals surface area contributed by atoms with Crippen LogP contribution in [0, 0.1) is 0 Å². The normalized spacial score (nSPS) is 36.3. The SMILES string of the molecule is CCCC1NC(=O)C(C)N(C2CC(OC)C2)C1=O. The fourth-order valence-corrected chi connectivity index (χ4v) is 2.79. The quantitative estimate of drug-likeness (QED) is 0.802. The van der Waals surface area contributed by atoms with E-state index in [4.69, 9.17) is 4.74 Å². The molecule has 0 bridgehead atoms. The zero-order valence-electron chi connectivity index (χ0n) is 11.3. The number of nitrogens with one attached hydrogen (secondary N) is 1. The molecule has 1 aliphatic heterocycles. The minimum atomic E-state index is -0.353. The lowest BCUT2D eigenvalue weighted by Gasteiger charge is -2.48. The van der Waals surface area contributed by atoms with E-state index in [1.807, 2.05) is 6.92 Å². The number of rotatable bonds is 4. The summed E-state index contributed by atoms with van der Waals surface area (Å²) < 4.78 is 5.24. The van der Waals surface area contributed by atoms with Crippen LogP contribution in [0.3, 0.4) is 0 Å². The maximum Gasteiger partial charge on any atom is 0.246 e. The lowest BCUT2D eigenvalue weighted by molar-refractivity contribution is -0.157. The van der Waals surface area contributed by atoms with Crippen LogP contribution >= 0.6 is 0 Å². The fourth-order valence-electron chi connectivity index (χ4n) is 2.79. The molecule has 5 nitrogen and oxygen atoms in total. The fraction of sp³-hybridized carbons (Fsp3) is 0.846. The van der Waals surface area contributed by atoms with Crippen LogP contribution in [0.4, 0.5) is 0 Å². The van der Waals surface area contributed by atoms with Crippen LogP contribution in [-0.2, 0) is 14.3 Å². The van der Waals surface area contributed by atoms with Crippen molar-refractivity contribution in [2.45, 2.75) is 63.8 Å². The van der Waals surface area contributed by atoms with Crippen molar-refractivity contribution in [3.8, 4) is 0 Å². The van der Waals surface area contributed by atoms with Crippen molar-refractivity contribution >= 4 is 11.8 Å². The third kappa shape index (κ3) is 2.23. The molecule has 2 amide bonds. The summed E-state index contributed by atoms with van der Waals surface area (Å²) in [5.74, 6) is 0.0393. The average Bonchev–Trinajstić information content (AvgIpc) is 2.29. The Bertz CT molecular complexity index is 339. The first-order valence-corrected chi connectivity index (χ1v) is 6.73. The molecule has 0 aromatic carbocycles. The van der Waals surface area contributed by atoms with Gasteiger partial charge < -0.3 is 15.0 Å². The van der Waals surface area contributed by atoms with Crippen molar-refractivity contribution in [2.24, 2.45) is 0 Å². The number of nitrogens with zero attached hydrogens (tertiary/aromatic N) is 1. The smallest absolute Gasteiger partial charge is 0.246 e. The Morgan fingerprint density at radius 2 is 2.06 bits per heavy atom. The van der Waals surface area contributed by atoms with Crippen molar-refractivity contribution in [3.63, 3.8) is 0 Å². The maximum atomic E-state index is 12.4. The molecule has 5 heteroatoms. The Morgan fingerprint density at radius 1 is 1.39 bits per heavy atom. The predicted molar refractivity (Wildman–Crippen MR) is 67.0 cm³/mol. The van der Waals surface area contributed by atoms with E-state index in [-0.39, 0.29) is 36.0 Å². The van der Waals surface area contributed by atoms with Crippen molar-refractivity contribution in [1.82, 2.24) is 10.2 Å². The third-order valence-corrected chi connectivity index (χ3v) is 4.04. The minimum absolute atomic E-state index is 0.0334. The summed E-state index contributed by atoms with van der Waals surface area (Å²) in [6.07, 6.45) is 3.54. The first-order chi connectivity index (χ1) is 8.58. The summed E-state index contributed by atoms with van der Waals surface area (Å²) in [6.45, 7) is 3.82. The molecule has 2 unspecified atom stereocenters. The number of ether oxygens (including phenoxy) is 1. The van der Waals surface area contributed by atoms with Gasteiger partial charge in [-0.2, -0.15) is 0 Å². The van der Waals surface area contributed by atoms with E-state index >= 15 is 0 Å². The Hall–Kier alpha value is -1.10. The molecule has 1 saturated heterocycles. The first-order valence-electron chi connectivity index (χ1n) is 6.73. The molecule has 1 N–H and O–H groups in total. The van der Waals surface area contributed by atoms with Crippen molar-refractivity contribution in [2.75, 3.05) is 7.11 Å². The van der Waals surface area contributed by atoms with Gasteiger partial charge in [-0.3, -0.25) is 9.59 Å². The summed E-state index contributed by atoms with van der Waals surface area (Å²) in [4.78, 5) is 26.0. The summed E-state index contributed by atoms with van der Waals surface area (Å²) in [5.41, 5.74) is 0. The average molecular weight is 254 g/mol. The van der Waals surface area contributed by atoms with Gasteiger partial charge in [0.1, 0.15) is 12.1 Å². The third-order valence-electron chi connectivity index (χ3n) is 4.04. The molecule has 0 radical (unpaired) electrons. The van der Waals surface area contributed by atoms with Gasteiger partial charge in [0.15, 0.2) is 0 Å².